The molecule has 0 aliphatic carbocycles. The van der Waals surface area contributed by atoms with Crippen molar-refractivity contribution in [1.29, 1.82) is 0 Å². The van der Waals surface area contributed by atoms with E-state index in [1.165, 1.54) is 12.4 Å². The van der Waals surface area contributed by atoms with Crippen molar-refractivity contribution in [1.82, 2.24) is 20.2 Å². The highest BCUT2D eigenvalue weighted by molar-refractivity contribution is 5.54. The first-order valence-electron chi connectivity index (χ1n) is 3.56. The average Bonchev–Trinajstić information content (AvgIpc) is 2.49. The number of anilines is 1. The molecule has 2 rings (SSSR count). The minimum atomic E-state index is -0.619. The van der Waals surface area contributed by atoms with E-state index in [1.807, 2.05) is 0 Å². The van der Waals surface area contributed by atoms with E-state index < -0.39 is 5.82 Å². The minimum absolute atomic E-state index is 0.109. The van der Waals surface area contributed by atoms with Gasteiger partial charge in [-0.2, -0.15) is 5.10 Å². The molecule has 0 aliphatic rings. The maximum Gasteiger partial charge on any atom is 0.195 e. The van der Waals surface area contributed by atoms with Gasteiger partial charge in [-0.05, 0) is 6.07 Å². The van der Waals surface area contributed by atoms with Crippen molar-refractivity contribution in [2.75, 3.05) is 5.73 Å². The maximum atomic E-state index is 13.1. The average molecular weight is 179 g/mol. The lowest BCUT2D eigenvalue weighted by Gasteiger charge is -1.92. The molecule has 0 spiro atoms. The summed E-state index contributed by atoms with van der Waals surface area (Å²) in [7, 11) is 0. The zero-order chi connectivity index (χ0) is 9.26. The number of aromatic amines is 1. The predicted octanol–water partition coefficient (Wildman–Crippen LogP) is 0.588. The topological polar surface area (TPSA) is 80.5 Å². The van der Waals surface area contributed by atoms with Gasteiger partial charge in [-0.1, -0.05) is 0 Å². The Balaban J connectivity index is 2.53. The summed E-state index contributed by atoms with van der Waals surface area (Å²) < 4.78 is 13.1. The van der Waals surface area contributed by atoms with Gasteiger partial charge in [0.05, 0.1) is 0 Å². The minimum Gasteiger partial charge on any atom is -0.380 e. The molecule has 2 aromatic heterocycles. The summed E-state index contributed by atoms with van der Waals surface area (Å²) in [6, 6.07) is 1.64. The Morgan fingerprint density at radius 1 is 1.31 bits per heavy atom. The van der Waals surface area contributed by atoms with E-state index in [4.69, 9.17) is 5.73 Å². The number of nitrogen functional groups attached to an aromatic ring is 1. The van der Waals surface area contributed by atoms with Crippen LogP contribution in [0.1, 0.15) is 0 Å². The second kappa shape index (κ2) is 2.81. The van der Waals surface area contributed by atoms with Crippen LogP contribution in [0.25, 0.3) is 11.5 Å². The van der Waals surface area contributed by atoms with Gasteiger partial charge in [-0.25, -0.2) is 14.4 Å². The highest BCUT2D eigenvalue weighted by Gasteiger charge is 2.13. The lowest BCUT2D eigenvalue weighted by molar-refractivity contribution is 0.635. The fourth-order valence-corrected chi connectivity index (χ4v) is 0.919. The standard InChI is InChI=1S/C7H6FN5/c8-4-5(12-13-6(4)9)7-10-2-1-3-11-7/h1-3H,(H3,9,12,13). The second-order valence-electron chi connectivity index (χ2n) is 2.37. The van der Waals surface area contributed by atoms with Gasteiger partial charge in [0.2, 0.25) is 0 Å². The Bertz CT molecular complexity index is 410. The van der Waals surface area contributed by atoms with E-state index in [2.05, 4.69) is 20.2 Å². The number of hydrogen-bond donors (Lipinski definition) is 2. The smallest absolute Gasteiger partial charge is 0.195 e. The van der Waals surface area contributed by atoms with Gasteiger partial charge in [-0.3, -0.25) is 5.10 Å². The number of aromatic nitrogens is 4. The van der Waals surface area contributed by atoms with Gasteiger partial charge in [0.25, 0.3) is 0 Å². The van der Waals surface area contributed by atoms with Gasteiger partial charge in [0, 0.05) is 12.4 Å². The molecule has 0 aliphatic heterocycles. The quantitative estimate of drug-likeness (QED) is 0.671. The van der Waals surface area contributed by atoms with Gasteiger partial charge >= 0.3 is 0 Å². The van der Waals surface area contributed by atoms with Gasteiger partial charge in [0.15, 0.2) is 17.5 Å². The normalized spacial score (nSPS) is 10.2. The molecule has 6 heteroatoms. The van der Waals surface area contributed by atoms with Crippen molar-refractivity contribution >= 4 is 5.82 Å². The lowest BCUT2D eigenvalue weighted by atomic mass is 10.4. The Morgan fingerprint density at radius 2 is 2.00 bits per heavy atom. The summed E-state index contributed by atoms with van der Waals surface area (Å²) in [5, 5.41) is 5.91. The zero-order valence-electron chi connectivity index (χ0n) is 6.53. The van der Waals surface area contributed by atoms with Crippen LogP contribution in [0.5, 0.6) is 0 Å². The van der Waals surface area contributed by atoms with Gasteiger partial charge in [0.1, 0.15) is 5.69 Å². The first kappa shape index (κ1) is 7.66. The van der Waals surface area contributed by atoms with Crippen LogP contribution in [0.2, 0.25) is 0 Å². The van der Waals surface area contributed by atoms with Crippen molar-refractivity contribution in [3.05, 3.63) is 24.3 Å². The van der Waals surface area contributed by atoms with E-state index >= 15 is 0 Å². The van der Waals surface area contributed by atoms with Crippen LogP contribution < -0.4 is 5.73 Å². The Hall–Kier alpha value is -1.98. The van der Waals surface area contributed by atoms with Crippen LogP contribution >= 0.6 is 0 Å². The summed E-state index contributed by atoms with van der Waals surface area (Å²) in [4.78, 5) is 7.69. The van der Waals surface area contributed by atoms with Crippen molar-refractivity contribution in [3.63, 3.8) is 0 Å². The number of rotatable bonds is 1. The van der Waals surface area contributed by atoms with Crippen molar-refractivity contribution in [3.8, 4) is 11.5 Å². The molecule has 0 bridgehead atoms. The monoisotopic (exact) mass is 179 g/mol. The van der Waals surface area contributed by atoms with Crippen molar-refractivity contribution < 1.29 is 4.39 Å². The molecule has 2 heterocycles. The maximum absolute atomic E-state index is 13.1. The molecule has 2 aromatic rings. The molecule has 0 radical (unpaired) electrons. The van der Waals surface area contributed by atoms with Crippen LogP contribution in [0.15, 0.2) is 18.5 Å². The molecule has 66 valence electrons. The van der Waals surface area contributed by atoms with Crippen LogP contribution in [0.3, 0.4) is 0 Å². The largest absolute Gasteiger partial charge is 0.380 e. The molecule has 0 aromatic carbocycles. The van der Waals surface area contributed by atoms with E-state index in [-0.39, 0.29) is 17.3 Å². The van der Waals surface area contributed by atoms with Crippen LogP contribution in [0.4, 0.5) is 10.2 Å². The third-order valence-electron chi connectivity index (χ3n) is 1.52. The molecular formula is C7H6FN5. The van der Waals surface area contributed by atoms with Crippen molar-refractivity contribution in [2.24, 2.45) is 0 Å². The summed E-state index contributed by atoms with van der Waals surface area (Å²) in [5.41, 5.74) is 5.31. The van der Waals surface area contributed by atoms with Crippen LogP contribution in [-0.2, 0) is 0 Å². The first-order chi connectivity index (χ1) is 6.29. The Labute approximate surface area is 72.8 Å². The van der Waals surface area contributed by atoms with E-state index in [9.17, 15) is 4.39 Å². The zero-order valence-corrected chi connectivity index (χ0v) is 6.53. The highest BCUT2D eigenvalue weighted by atomic mass is 19.1. The molecule has 3 N–H and O–H groups in total. The molecule has 5 nitrogen and oxygen atoms in total. The van der Waals surface area contributed by atoms with Crippen molar-refractivity contribution in [2.45, 2.75) is 0 Å². The number of nitrogens with zero attached hydrogens (tertiary/aromatic N) is 3. The van der Waals surface area contributed by atoms with Gasteiger partial charge < -0.3 is 5.73 Å². The molecule has 0 saturated carbocycles. The molecule has 0 unspecified atom stereocenters. The van der Waals surface area contributed by atoms with Crippen LogP contribution in [-0.4, -0.2) is 20.2 Å². The Kier molecular flexibility index (Phi) is 1.66. The number of hydrogen-bond acceptors (Lipinski definition) is 4. The molecule has 0 atom stereocenters. The fourth-order valence-electron chi connectivity index (χ4n) is 0.919. The number of nitrogens with two attached hydrogens (primary N) is 1. The lowest BCUT2D eigenvalue weighted by Crippen LogP contribution is -1.90. The Morgan fingerprint density at radius 3 is 2.54 bits per heavy atom. The molecule has 0 fully saturated rings. The van der Waals surface area contributed by atoms with E-state index in [1.54, 1.807) is 6.07 Å². The third-order valence-corrected chi connectivity index (χ3v) is 1.52. The van der Waals surface area contributed by atoms with Crippen LogP contribution in [0, 0.1) is 5.82 Å². The van der Waals surface area contributed by atoms with E-state index in [0.29, 0.717) is 0 Å². The summed E-state index contributed by atoms with van der Waals surface area (Å²) in [5.74, 6) is -0.558. The second-order valence-corrected chi connectivity index (χ2v) is 2.37. The highest BCUT2D eigenvalue weighted by Crippen LogP contribution is 2.18. The van der Waals surface area contributed by atoms with Gasteiger partial charge in [-0.15, -0.1) is 0 Å². The summed E-state index contributed by atoms with van der Waals surface area (Å²) in [6.45, 7) is 0. The predicted molar refractivity (Wildman–Crippen MR) is 44.0 cm³/mol. The molecule has 0 amide bonds. The molecule has 13 heavy (non-hydrogen) atoms. The number of nitrogens with one attached hydrogen (secondary N) is 1. The number of halogens is 1. The fraction of sp³-hybridized carbons (Fsp3) is 0. The SMILES string of the molecule is Nc1n[nH]c(-c2ncccn2)c1F. The molecule has 0 saturated heterocycles. The third kappa shape index (κ3) is 1.22. The summed E-state index contributed by atoms with van der Waals surface area (Å²) in [6.07, 6.45) is 3.03. The van der Waals surface area contributed by atoms with E-state index in [0.717, 1.165) is 0 Å². The first-order valence-corrected chi connectivity index (χ1v) is 3.56. The number of H-pyrrole nitrogens is 1. The summed E-state index contributed by atoms with van der Waals surface area (Å²) >= 11 is 0. The molecular weight excluding hydrogens is 173 g/mol.